The van der Waals surface area contributed by atoms with Crippen molar-refractivity contribution in [1.29, 1.82) is 0 Å². The van der Waals surface area contributed by atoms with Gasteiger partial charge < -0.3 is 20.1 Å². The van der Waals surface area contributed by atoms with Gasteiger partial charge in [-0.1, -0.05) is 13.8 Å². The molecule has 1 aliphatic rings. The topological polar surface area (TPSA) is 61.8 Å². The number of nitrogens with zero attached hydrogens (tertiary/aromatic N) is 1. The summed E-state index contributed by atoms with van der Waals surface area (Å²) in [5.74, 6) is 0. The predicted molar refractivity (Wildman–Crippen MR) is 72.4 cm³/mol. The molecular weight excluding hydrogens is 232 g/mol. The van der Waals surface area contributed by atoms with Gasteiger partial charge >= 0.3 is 6.03 Å². The van der Waals surface area contributed by atoms with Crippen molar-refractivity contribution in [2.24, 2.45) is 0 Å². The van der Waals surface area contributed by atoms with Crippen molar-refractivity contribution in [1.82, 2.24) is 10.2 Å². The van der Waals surface area contributed by atoms with Crippen LogP contribution in [-0.4, -0.2) is 47.6 Å². The Morgan fingerprint density at radius 1 is 1.39 bits per heavy atom. The van der Waals surface area contributed by atoms with Crippen LogP contribution in [0.25, 0.3) is 0 Å². The lowest BCUT2D eigenvalue weighted by atomic mass is 10.0. The van der Waals surface area contributed by atoms with Crippen LogP contribution in [0.2, 0.25) is 0 Å². The fourth-order valence-corrected chi connectivity index (χ4v) is 1.92. The number of hydrogen-bond acceptors (Lipinski definition) is 3. The smallest absolute Gasteiger partial charge is 0.317 e. The number of carbonyl (C=O) groups is 1. The van der Waals surface area contributed by atoms with Gasteiger partial charge in [-0.3, -0.25) is 0 Å². The molecular formula is C13H28N2O3. The zero-order valence-corrected chi connectivity index (χ0v) is 12.4. The van der Waals surface area contributed by atoms with Crippen LogP contribution in [0.4, 0.5) is 4.79 Å². The van der Waals surface area contributed by atoms with Crippen molar-refractivity contribution >= 4 is 6.03 Å². The molecule has 18 heavy (non-hydrogen) atoms. The second-order valence-corrected chi connectivity index (χ2v) is 4.74. The number of amides is 2. The molecule has 1 fully saturated rings. The zero-order chi connectivity index (χ0) is 14.3. The number of carbonyl (C=O) groups excluding carboxylic acids is 1. The first kappa shape index (κ1) is 17.2. The van der Waals surface area contributed by atoms with E-state index in [1.54, 1.807) is 11.9 Å². The van der Waals surface area contributed by atoms with Gasteiger partial charge in [0.15, 0.2) is 6.29 Å². The van der Waals surface area contributed by atoms with E-state index in [9.17, 15) is 9.90 Å². The molecule has 5 heteroatoms. The van der Waals surface area contributed by atoms with Gasteiger partial charge in [0, 0.05) is 25.6 Å². The van der Waals surface area contributed by atoms with Crippen LogP contribution in [0.3, 0.4) is 0 Å². The Morgan fingerprint density at radius 2 is 1.94 bits per heavy atom. The van der Waals surface area contributed by atoms with Crippen molar-refractivity contribution in [2.75, 3.05) is 7.05 Å². The number of urea groups is 1. The molecule has 0 spiro atoms. The van der Waals surface area contributed by atoms with Crippen LogP contribution >= 0.6 is 0 Å². The molecule has 0 aromatic heterocycles. The lowest BCUT2D eigenvalue weighted by Crippen LogP contribution is -2.50. The molecule has 2 amide bonds. The fraction of sp³-hybridized carbons (Fsp3) is 0.923. The minimum Gasteiger partial charge on any atom is -0.368 e. The normalized spacial score (nSPS) is 27.2. The van der Waals surface area contributed by atoms with Crippen molar-refractivity contribution in [3.63, 3.8) is 0 Å². The molecule has 0 radical (unpaired) electrons. The molecule has 0 aromatic carbocycles. The minimum absolute atomic E-state index is 0.0111. The molecule has 1 heterocycles. The molecule has 108 valence electrons. The molecule has 0 aromatic rings. The summed E-state index contributed by atoms with van der Waals surface area (Å²) in [5, 5.41) is 12.3. The number of nitrogens with one attached hydrogen (secondary N) is 1. The summed E-state index contributed by atoms with van der Waals surface area (Å²) in [6.07, 6.45) is 0.469. The monoisotopic (exact) mass is 260 g/mol. The molecule has 1 rings (SSSR count). The number of aliphatic hydroxyl groups is 1. The first-order valence-electron chi connectivity index (χ1n) is 6.77. The Labute approximate surface area is 110 Å². The van der Waals surface area contributed by atoms with Gasteiger partial charge in [0.2, 0.25) is 0 Å². The maximum absolute atomic E-state index is 11.8. The van der Waals surface area contributed by atoms with Gasteiger partial charge in [0.05, 0.1) is 6.10 Å². The lowest BCUT2D eigenvalue weighted by molar-refractivity contribution is -0.170. The number of hydrogen-bond donors (Lipinski definition) is 2. The fourth-order valence-electron chi connectivity index (χ4n) is 1.92. The summed E-state index contributed by atoms with van der Waals surface area (Å²) >= 11 is 0. The molecule has 0 aliphatic carbocycles. The quantitative estimate of drug-likeness (QED) is 0.797. The van der Waals surface area contributed by atoms with Crippen LogP contribution in [0, 0.1) is 0 Å². The van der Waals surface area contributed by atoms with Gasteiger partial charge in [0.1, 0.15) is 0 Å². The van der Waals surface area contributed by atoms with Gasteiger partial charge in [-0.05, 0) is 27.2 Å². The van der Waals surface area contributed by atoms with Gasteiger partial charge in [-0.25, -0.2) is 4.79 Å². The highest BCUT2D eigenvalue weighted by atomic mass is 16.6. The van der Waals surface area contributed by atoms with Crippen molar-refractivity contribution in [3.8, 4) is 0 Å². The highest BCUT2D eigenvalue weighted by Gasteiger charge is 2.30. The van der Waals surface area contributed by atoms with Gasteiger partial charge in [-0.15, -0.1) is 0 Å². The third kappa shape index (κ3) is 5.69. The van der Waals surface area contributed by atoms with Crippen molar-refractivity contribution in [2.45, 2.75) is 71.9 Å². The van der Waals surface area contributed by atoms with Crippen LogP contribution < -0.4 is 5.32 Å². The standard InChI is InChI=1S/C11H22N2O3.C2H6/c1-7(2)12-11(15)13(4)9-5-8(3)16-10(14)6-9;1-2/h7-10,14H,5-6H2,1-4H3,(H,12,15);1-2H3/t8-,9?,10?;/m1./s1. The average molecular weight is 260 g/mol. The second kappa shape index (κ2) is 8.32. The van der Waals surface area contributed by atoms with Crippen molar-refractivity contribution < 1.29 is 14.6 Å². The Balaban J connectivity index is 0.00000137. The van der Waals surface area contributed by atoms with Gasteiger partial charge in [-0.2, -0.15) is 0 Å². The maximum Gasteiger partial charge on any atom is 0.317 e. The molecule has 1 saturated heterocycles. The maximum atomic E-state index is 11.8. The molecule has 2 unspecified atom stereocenters. The van der Waals surface area contributed by atoms with E-state index < -0.39 is 6.29 Å². The summed E-state index contributed by atoms with van der Waals surface area (Å²) in [6, 6.07) is 0.0657. The predicted octanol–water partition coefficient (Wildman–Crippen LogP) is 1.95. The van der Waals surface area contributed by atoms with Crippen LogP contribution in [0.5, 0.6) is 0 Å². The van der Waals surface area contributed by atoms with Crippen LogP contribution in [-0.2, 0) is 4.74 Å². The Kier molecular flexibility index (Phi) is 7.95. The van der Waals surface area contributed by atoms with Crippen molar-refractivity contribution in [3.05, 3.63) is 0 Å². The number of aliphatic hydroxyl groups excluding tert-OH is 1. The third-order valence-corrected chi connectivity index (χ3v) is 2.75. The lowest BCUT2D eigenvalue weighted by Gasteiger charge is -2.36. The Morgan fingerprint density at radius 3 is 2.39 bits per heavy atom. The largest absolute Gasteiger partial charge is 0.368 e. The third-order valence-electron chi connectivity index (χ3n) is 2.75. The van der Waals surface area contributed by atoms with E-state index >= 15 is 0 Å². The summed E-state index contributed by atoms with van der Waals surface area (Å²) in [7, 11) is 1.76. The molecule has 0 saturated carbocycles. The summed E-state index contributed by atoms with van der Waals surface area (Å²) in [5.41, 5.74) is 0. The van der Waals surface area contributed by atoms with Gasteiger partial charge in [0.25, 0.3) is 0 Å². The number of ether oxygens (including phenoxy) is 1. The van der Waals surface area contributed by atoms with E-state index in [0.29, 0.717) is 6.42 Å². The SMILES string of the molecule is CC.CC(C)NC(=O)N(C)C1CC(O)O[C@H](C)C1. The molecule has 3 atom stereocenters. The first-order chi connectivity index (χ1) is 8.40. The van der Waals surface area contributed by atoms with Crippen LogP contribution in [0.1, 0.15) is 47.5 Å². The first-order valence-corrected chi connectivity index (χ1v) is 6.77. The number of rotatable bonds is 2. The molecule has 2 N–H and O–H groups in total. The highest BCUT2D eigenvalue weighted by Crippen LogP contribution is 2.21. The Hall–Kier alpha value is -0.810. The molecule has 5 nitrogen and oxygen atoms in total. The summed E-state index contributed by atoms with van der Waals surface area (Å²) < 4.78 is 5.22. The summed E-state index contributed by atoms with van der Waals surface area (Å²) in [6.45, 7) is 9.75. The van der Waals surface area contributed by atoms with E-state index in [-0.39, 0.29) is 24.2 Å². The highest BCUT2D eigenvalue weighted by molar-refractivity contribution is 5.74. The Bertz CT molecular complexity index is 236. The van der Waals surface area contributed by atoms with E-state index in [0.717, 1.165) is 6.42 Å². The molecule has 1 aliphatic heterocycles. The van der Waals surface area contributed by atoms with E-state index in [4.69, 9.17) is 4.74 Å². The second-order valence-electron chi connectivity index (χ2n) is 4.74. The van der Waals surface area contributed by atoms with E-state index in [1.807, 2.05) is 34.6 Å². The average Bonchev–Trinajstić information content (AvgIpc) is 2.28. The molecule has 0 bridgehead atoms. The zero-order valence-electron chi connectivity index (χ0n) is 12.4. The van der Waals surface area contributed by atoms with E-state index in [1.165, 1.54) is 0 Å². The minimum atomic E-state index is -0.761. The van der Waals surface area contributed by atoms with E-state index in [2.05, 4.69) is 5.32 Å². The van der Waals surface area contributed by atoms with Crippen LogP contribution in [0.15, 0.2) is 0 Å². The summed E-state index contributed by atoms with van der Waals surface area (Å²) in [4.78, 5) is 13.4.